The maximum atomic E-state index is 5.61. The van der Waals surface area contributed by atoms with Crippen LogP contribution in [0.25, 0.3) is 0 Å². The molecule has 1 heterocycles. The van der Waals surface area contributed by atoms with Crippen LogP contribution in [-0.2, 0) is 11.2 Å². The summed E-state index contributed by atoms with van der Waals surface area (Å²) < 4.78 is 5.61. The predicted octanol–water partition coefficient (Wildman–Crippen LogP) is 2.00. The lowest BCUT2D eigenvalue weighted by Gasteiger charge is -2.37. The van der Waals surface area contributed by atoms with Gasteiger partial charge < -0.3 is 10.1 Å². The lowest BCUT2D eigenvalue weighted by molar-refractivity contribution is 0.0135. The molecule has 1 aromatic rings. The Morgan fingerprint density at radius 2 is 2.07 bits per heavy atom. The average molecular weight is 205 g/mol. The number of ether oxygens (including phenoxy) is 1. The summed E-state index contributed by atoms with van der Waals surface area (Å²) in [6.07, 6.45) is 1.05. The van der Waals surface area contributed by atoms with E-state index in [0.29, 0.717) is 6.04 Å². The molecule has 0 aliphatic carbocycles. The molecule has 15 heavy (non-hydrogen) atoms. The molecule has 0 radical (unpaired) electrons. The van der Waals surface area contributed by atoms with Gasteiger partial charge in [0.1, 0.15) is 0 Å². The zero-order chi connectivity index (χ0) is 10.7. The Kier molecular flexibility index (Phi) is 3.08. The van der Waals surface area contributed by atoms with Crippen molar-refractivity contribution in [1.82, 2.24) is 5.32 Å². The van der Waals surface area contributed by atoms with E-state index in [0.717, 1.165) is 19.6 Å². The molecular formula is C13H19NO. The van der Waals surface area contributed by atoms with Crippen LogP contribution in [0.4, 0.5) is 0 Å². The molecule has 0 aromatic heterocycles. The molecule has 1 N–H and O–H groups in total. The summed E-state index contributed by atoms with van der Waals surface area (Å²) in [5, 5.41) is 3.62. The summed E-state index contributed by atoms with van der Waals surface area (Å²) in [5.74, 6) is 0. The molecular weight excluding hydrogens is 186 g/mol. The summed E-state index contributed by atoms with van der Waals surface area (Å²) >= 11 is 0. The zero-order valence-electron chi connectivity index (χ0n) is 9.49. The first-order chi connectivity index (χ1) is 7.16. The van der Waals surface area contributed by atoms with Gasteiger partial charge >= 0.3 is 0 Å². The fourth-order valence-corrected chi connectivity index (χ4v) is 2.10. The van der Waals surface area contributed by atoms with Crippen LogP contribution >= 0.6 is 0 Å². The third kappa shape index (κ3) is 3.05. The van der Waals surface area contributed by atoms with Crippen molar-refractivity contribution in [3.63, 3.8) is 0 Å². The molecule has 0 unspecified atom stereocenters. The first-order valence-corrected chi connectivity index (χ1v) is 5.55. The molecule has 1 atom stereocenters. The molecule has 2 nitrogen and oxygen atoms in total. The van der Waals surface area contributed by atoms with Crippen LogP contribution < -0.4 is 5.32 Å². The Labute approximate surface area is 91.6 Å². The van der Waals surface area contributed by atoms with Crippen LogP contribution in [0.3, 0.4) is 0 Å². The highest BCUT2D eigenvalue weighted by atomic mass is 16.5. The third-order valence-corrected chi connectivity index (χ3v) is 2.70. The summed E-state index contributed by atoms with van der Waals surface area (Å²) in [6.45, 7) is 5.99. The minimum Gasteiger partial charge on any atom is -0.378 e. The Morgan fingerprint density at radius 1 is 1.33 bits per heavy atom. The zero-order valence-corrected chi connectivity index (χ0v) is 9.49. The molecule has 1 aliphatic heterocycles. The number of nitrogens with one attached hydrogen (secondary N) is 1. The largest absolute Gasteiger partial charge is 0.378 e. The van der Waals surface area contributed by atoms with Crippen molar-refractivity contribution in [2.45, 2.75) is 31.8 Å². The minimum atomic E-state index is 0.109. The van der Waals surface area contributed by atoms with Gasteiger partial charge in [-0.15, -0.1) is 0 Å². The number of rotatable bonds is 2. The second-order valence-corrected chi connectivity index (χ2v) is 4.93. The highest BCUT2D eigenvalue weighted by Crippen LogP contribution is 2.13. The second-order valence-electron chi connectivity index (χ2n) is 4.93. The fraction of sp³-hybridized carbons (Fsp3) is 0.538. The van der Waals surface area contributed by atoms with Crippen molar-refractivity contribution in [3.05, 3.63) is 35.9 Å². The Morgan fingerprint density at radius 3 is 2.73 bits per heavy atom. The first kappa shape index (κ1) is 10.7. The summed E-state index contributed by atoms with van der Waals surface area (Å²) in [4.78, 5) is 0. The number of hydrogen-bond acceptors (Lipinski definition) is 2. The van der Waals surface area contributed by atoms with Crippen LogP contribution in [-0.4, -0.2) is 24.8 Å². The summed E-state index contributed by atoms with van der Waals surface area (Å²) in [6, 6.07) is 11.0. The third-order valence-electron chi connectivity index (χ3n) is 2.70. The van der Waals surface area contributed by atoms with Gasteiger partial charge in [-0.1, -0.05) is 30.3 Å². The molecule has 0 saturated carbocycles. The normalized spacial score (nSPS) is 25.1. The molecule has 1 aromatic carbocycles. The van der Waals surface area contributed by atoms with Gasteiger partial charge in [0.05, 0.1) is 13.2 Å². The standard InChI is InChI=1S/C13H19NO/c1-13(2)10-15-9-12(14-13)8-11-6-4-3-5-7-11/h3-7,12,14H,8-10H2,1-2H3/t12-/m1/s1. The molecule has 1 saturated heterocycles. The van der Waals surface area contributed by atoms with Crippen LogP contribution in [0.15, 0.2) is 30.3 Å². The van der Waals surface area contributed by atoms with Crippen molar-refractivity contribution in [2.75, 3.05) is 13.2 Å². The second kappa shape index (κ2) is 4.33. The van der Waals surface area contributed by atoms with Gasteiger partial charge in [-0.3, -0.25) is 0 Å². The molecule has 0 bridgehead atoms. The van der Waals surface area contributed by atoms with Crippen molar-refractivity contribution in [2.24, 2.45) is 0 Å². The van der Waals surface area contributed by atoms with E-state index in [2.05, 4.69) is 49.5 Å². The van der Waals surface area contributed by atoms with Gasteiger partial charge in [0, 0.05) is 11.6 Å². The van der Waals surface area contributed by atoms with Gasteiger partial charge in [-0.2, -0.15) is 0 Å². The van der Waals surface area contributed by atoms with E-state index in [9.17, 15) is 0 Å². The Bertz CT molecular complexity index is 308. The lowest BCUT2D eigenvalue weighted by atomic mass is 9.99. The van der Waals surface area contributed by atoms with E-state index >= 15 is 0 Å². The molecule has 82 valence electrons. The quantitative estimate of drug-likeness (QED) is 0.797. The summed E-state index contributed by atoms with van der Waals surface area (Å²) in [5.41, 5.74) is 1.48. The maximum Gasteiger partial charge on any atom is 0.0643 e. The van der Waals surface area contributed by atoms with Crippen LogP contribution in [0.5, 0.6) is 0 Å². The molecule has 2 rings (SSSR count). The van der Waals surface area contributed by atoms with E-state index < -0.39 is 0 Å². The molecule has 0 amide bonds. The van der Waals surface area contributed by atoms with Gasteiger partial charge in [0.25, 0.3) is 0 Å². The minimum absolute atomic E-state index is 0.109. The van der Waals surface area contributed by atoms with E-state index in [1.165, 1.54) is 5.56 Å². The van der Waals surface area contributed by atoms with E-state index in [1.54, 1.807) is 0 Å². The van der Waals surface area contributed by atoms with E-state index in [-0.39, 0.29) is 5.54 Å². The SMILES string of the molecule is CC1(C)COC[C@@H](Cc2ccccc2)N1. The fourth-order valence-electron chi connectivity index (χ4n) is 2.10. The molecule has 2 heteroatoms. The molecule has 1 aliphatic rings. The van der Waals surface area contributed by atoms with Crippen LogP contribution in [0.2, 0.25) is 0 Å². The van der Waals surface area contributed by atoms with Crippen molar-refractivity contribution in [3.8, 4) is 0 Å². The smallest absolute Gasteiger partial charge is 0.0643 e. The highest BCUT2D eigenvalue weighted by Gasteiger charge is 2.27. The number of morpholine rings is 1. The van der Waals surface area contributed by atoms with Crippen molar-refractivity contribution >= 4 is 0 Å². The lowest BCUT2D eigenvalue weighted by Crippen LogP contribution is -2.56. The van der Waals surface area contributed by atoms with Gasteiger partial charge in [0.2, 0.25) is 0 Å². The molecule has 1 fully saturated rings. The van der Waals surface area contributed by atoms with Gasteiger partial charge in [0.15, 0.2) is 0 Å². The van der Waals surface area contributed by atoms with E-state index in [4.69, 9.17) is 4.74 Å². The van der Waals surface area contributed by atoms with Crippen LogP contribution in [0, 0.1) is 0 Å². The number of hydrogen-bond donors (Lipinski definition) is 1. The van der Waals surface area contributed by atoms with Gasteiger partial charge in [-0.25, -0.2) is 0 Å². The average Bonchev–Trinajstić information content (AvgIpc) is 2.17. The highest BCUT2D eigenvalue weighted by molar-refractivity contribution is 5.16. The van der Waals surface area contributed by atoms with Gasteiger partial charge in [-0.05, 0) is 25.8 Å². The summed E-state index contributed by atoms with van der Waals surface area (Å²) in [7, 11) is 0. The Hall–Kier alpha value is -0.860. The Balaban J connectivity index is 1.95. The molecule has 0 spiro atoms. The van der Waals surface area contributed by atoms with Crippen LogP contribution in [0.1, 0.15) is 19.4 Å². The van der Waals surface area contributed by atoms with Crippen molar-refractivity contribution in [1.29, 1.82) is 0 Å². The first-order valence-electron chi connectivity index (χ1n) is 5.55. The monoisotopic (exact) mass is 205 g/mol. The van der Waals surface area contributed by atoms with Crippen molar-refractivity contribution < 1.29 is 4.74 Å². The topological polar surface area (TPSA) is 21.3 Å². The number of benzene rings is 1. The van der Waals surface area contributed by atoms with E-state index in [1.807, 2.05) is 0 Å². The maximum absolute atomic E-state index is 5.61. The predicted molar refractivity (Wildman–Crippen MR) is 62.0 cm³/mol.